The van der Waals surface area contributed by atoms with Crippen LogP contribution in [0.25, 0.3) is 33.4 Å². The van der Waals surface area contributed by atoms with Crippen molar-refractivity contribution in [1.82, 2.24) is 0 Å². The third kappa shape index (κ3) is 4.90. The maximum Gasteiger partial charge on any atom is 0.0549 e. The summed E-state index contributed by atoms with van der Waals surface area (Å²) in [5.41, 5.74) is 18.4. The van der Waals surface area contributed by atoms with E-state index >= 15 is 0 Å². The first-order valence-electron chi connectivity index (χ1n) is 21.2. The third-order valence-electron chi connectivity index (χ3n) is 15.3. The molecule has 0 unspecified atom stereocenters. The Morgan fingerprint density at radius 2 is 1.02 bits per heavy atom. The quantitative estimate of drug-likeness (QED) is 0.172. The molecule has 0 aromatic heterocycles. The summed E-state index contributed by atoms with van der Waals surface area (Å²) in [5.74, 6) is 3.21. The van der Waals surface area contributed by atoms with Gasteiger partial charge in [-0.15, -0.1) is 0 Å². The van der Waals surface area contributed by atoms with Crippen molar-refractivity contribution in [2.75, 3.05) is 4.90 Å². The van der Waals surface area contributed by atoms with Crippen molar-refractivity contribution in [1.29, 1.82) is 0 Å². The molecule has 0 N–H and O–H groups in total. The van der Waals surface area contributed by atoms with E-state index in [2.05, 4.69) is 172 Å². The van der Waals surface area contributed by atoms with E-state index in [4.69, 9.17) is 0 Å². The zero-order valence-corrected chi connectivity index (χ0v) is 33.0. The fourth-order valence-electron chi connectivity index (χ4n) is 13.0. The lowest BCUT2D eigenvalue weighted by atomic mass is 9.43. The van der Waals surface area contributed by atoms with Crippen molar-refractivity contribution in [3.63, 3.8) is 0 Å². The average molecular weight is 716 g/mol. The summed E-state index contributed by atoms with van der Waals surface area (Å²) in [4.78, 5) is 2.70. The molecule has 6 aromatic rings. The predicted molar refractivity (Wildman–Crippen MR) is 231 cm³/mol. The number of hydrogen-bond donors (Lipinski definition) is 0. The minimum Gasteiger partial charge on any atom is -0.310 e. The molecule has 274 valence electrons. The maximum atomic E-state index is 2.70. The Hall–Kier alpha value is -4.88. The Kier molecular flexibility index (Phi) is 7.34. The molecule has 1 spiro atoms. The van der Waals surface area contributed by atoms with Gasteiger partial charge in [-0.25, -0.2) is 0 Å². The Bertz CT molecular complexity index is 2400. The Morgan fingerprint density at radius 3 is 1.69 bits per heavy atom. The Balaban J connectivity index is 1.23. The molecule has 6 aromatic carbocycles. The normalized spacial score (nSPS) is 26.0. The number of hydrogen-bond acceptors (Lipinski definition) is 1. The topological polar surface area (TPSA) is 3.24 Å². The molecule has 0 atom stereocenters. The second-order valence-corrected chi connectivity index (χ2v) is 19.2. The van der Waals surface area contributed by atoms with Crippen LogP contribution >= 0.6 is 0 Å². The summed E-state index contributed by atoms with van der Waals surface area (Å²) in [5, 5.41) is 0. The van der Waals surface area contributed by atoms with Crippen molar-refractivity contribution in [3.8, 4) is 33.4 Å². The van der Waals surface area contributed by atoms with Crippen LogP contribution in [-0.4, -0.2) is 0 Å². The van der Waals surface area contributed by atoms with Gasteiger partial charge in [0.25, 0.3) is 0 Å². The molecule has 1 nitrogen and oxygen atoms in total. The van der Waals surface area contributed by atoms with Gasteiger partial charge in [-0.1, -0.05) is 137 Å². The van der Waals surface area contributed by atoms with Crippen LogP contribution in [0.15, 0.2) is 140 Å². The van der Waals surface area contributed by atoms with E-state index in [1.54, 1.807) is 11.1 Å². The molecule has 4 saturated carbocycles. The maximum absolute atomic E-state index is 2.70. The fourth-order valence-corrected chi connectivity index (χ4v) is 13.0. The standard InChI is InChI=1S/C54H53N/c1-52(2)26-27-53(3,4)51-46(52)20-13-21-48(51)55(43-24-22-39(23-25-43)37-14-7-5-8-15-37)49-34-40(38-16-9-6-10-17-38)33-47-50(49)44-18-11-12-19-45(44)54(47)41-29-35-28-36(31-41)32-42(54)30-35/h5-25,33-36,41-42H,26-32H2,1-4H3. The monoisotopic (exact) mass is 715 g/mol. The molecule has 0 heterocycles. The third-order valence-corrected chi connectivity index (χ3v) is 15.3. The molecule has 0 saturated heterocycles. The molecular formula is C54H53N. The molecule has 1 heteroatoms. The summed E-state index contributed by atoms with van der Waals surface area (Å²) < 4.78 is 0. The second-order valence-electron chi connectivity index (χ2n) is 19.2. The first-order chi connectivity index (χ1) is 26.7. The van der Waals surface area contributed by atoms with Gasteiger partial charge in [-0.2, -0.15) is 0 Å². The summed E-state index contributed by atoms with van der Waals surface area (Å²) in [6, 6.07) is 53.7. The van der Waals surface area contributed by atoms with E-state index in [9.17, 15) is 0 Å². The smallest absolute Gasteiger partial charge is 0.0549 e. The highest BCUT2D eigenvalue weighted by Gasteiger charge is 2.62. The number of anilines is 3. The van der Waals surface area contributed by atoms with E-state index in [0.29, 0.717) is 11.8 Å². The number of rotatable bonds is 5. The fraction of sp³-hybridized carbons (Fsp3) is 0.333. The Labute approximate surface area is 328 Å². The molecule has 6 aliphatic carbocycles. The average Bonchev–Trinajstić information content (AvgIpc) is 3.50. The predicted octanol–water partition coefficient (Wildman–Crippen LogP) is 14.6. The highest BCUT2D eigenvalue weighted by atomic mass is 15.2. The number of fused-ring (bicyclic) bond motifs is 4. The van der Waals surface area contributed by atoms with Crippen LogP contribution in [0.3, 0.4) is 0 Å². The molecule has 6 aliphatic rings. The van der Waals surface area contributed by atoms with Crippen LogP contribution in [0.5, 0.6) is 0 Å². The summed E-state index contributed by atoms with van der Waals surface area (Å²) in [6.07, 6.45) is 9.35. The van der Waals surface area contributed by atoms with E-state index in [0.717, 1.165) is 11.8 Å². The van der Waals surface area contributed by atoms with Crippen LogP contribution in [0.1, 0.15) is 94.9 Å². The zero-order valence-electron chi connectivity index (χ0n) is 33.0. The molecule has 0 radical (unpaired) electrons. The lowest BCUT2D eigenvalue weighted by Crippen LogP contribution is -2.55. The highest BCUT2D eigenvalue weighted by Crippen LogP contribution is 2.71. The van der Waals surface area contributed by atoms with Crippen molar-refractivity contribution in [3.05, 3.63) is 162 Å². The van der Waals surface area contributed by atoms with Gasteiger partial charge in [-0.3, -0.25) is 0 Å². The lowest BCUT2D eigenvalue weighted by Gasteiger charge is -2.61. The van der Waals surface area contributed by atoms with E-state index in [1.165, 1.54) is 107 Å². The van der Waals surface area contributed by atoms with Gasteiger partial charge in [0.1, 0.15) is 0 Å². The van der Waals surface area contributed by atoms with E-state index < -0.39 is 0 Å². The van der Waals surface area contributed by atoms with Gasteiger partial charge < -0.3 is 4.90 Å². The summed E-state index contributed by atoms with van der Waals surface area (Å²) in [7, 11) is 0. The van der Waals surface area contributed by atoms with Crippen molar-refractivity contribution in [2.45, 2.75) is 88.9 Å². The molecule has 12 rings (SSSR count). The van der Waals surface area contributed by atoms with Crippen LogP contribution in [-0.2, 0) is 16.2 Å². The molecule has 0 aliphatic heterocycles. The van der Waals surface area contributed by atoms with Crippen LogP contribution < -0.4 is 4.90 Å². The molecule has 0 amide bonds. The van der Waals surface area contributed by atoms with E-state index in [-0.39, 0.29) is 16.2 Å². The van der Waals surface area contributed by atoms with Gasteiger partial charge in [-0.05, 0) is 160 Å². The van der Waals surface area contributed by atoms with Gasteiger partial charge in [0.05, 0.1) is 11.4 Å². The van der Waals surface area contributed by atoms with Crippen LogP contribution in [0, 0.1) is 23.7 Å². The SMILES string of the molecule is CC1(C)CCC(C)(C)c2c(N(c3ccc(-c4ccccc4)cc3)c3cc(-c4ccccc4)cc4c3-c3ccccc3C43C4CC5CC(C4)CC3C5)cccc21. The van der Waals surface area contributed by atoms with Gasteiger partial charge in [0, 0.05) is 16.7 Å². The molecule has 4 bridgehead atoms. The minimum absolute atomic E-state index is 0.0322. The Morgan fingerprint density at radius 1 is 0.455 bits per heavy atom. The first-order valence-corrected chi connectivity index (χ1v) is 21.2. The van der Waals surface area contributed by atoms with Gasteiger partial charge in [0.15, 0.2) is 0 Å². The summed E-state index contributed by atoms with van der Waals surface area (Å²) in [6.45, 7) is 9.91. The second kappa shape index (κ2) is 12.1. The van der Waals surface area contributed by atoms with Crippen molar-refractivity contribution in [2.24, 2.45) is 23.7 Å². The zero-order chi connectivity index (χ0) is 37.1. The first kappa shape index (κ1) is 33.5. The highest BCUT2D eigenvalue weighted by molar-refractivity contribution is 5.98. The van der Waals surface area contributed by atoms with Gasteiger partial charge in [0.2, 0.25) is 0 Å². The van der Waals surface area contributed by atoms with Crippen LogP contribution in [0.2, 0.25) is 0 Å². The minimum atomic E-state index is 0.0322. The van der Waals surface area contributed by atoms with Crippen molar-refractivity contribution >= 4 is 17.1 Å². The largest absolute Gasteiger partial charge is 0.310 e. The molecule has 4 fully saturated rings. The van der Waals surface area contributed by atoms with Crippen LogP contribution in [0.4, 0.5) is 17.1 Å². The summed E-state index contributed by atoms with van der Waals surface area (Å²) >= 11 is 0. The molecular weight excluding hydrogens is 663 g/mol. The number of nitrogens with zero attached hydrogens (tertiary/aromatic N) is 1. The van der Waals surface area contributed by atoms with E-state index in [1.807, 2.05) is 0 Å². The molecule has 55 heavy (non-hydrogen) atoms. The number of benzene rings is 6. The van der Waals surface area contributed by atoms with Crippen molar-refractivity contribution < 1.29 is 0 Å². The van der Waals surface area contributed by atoms with Gasteiger partial charge >= 0.3 is 0 Å². The lowest BCUT2D eigenvalue weighted by molar-refractivity contribution is -0.0399.